The Kier molecular flexibility index (Phi) is 7.30. The Morgan fingerprint density at radius 3 is 2.80 bits per heavy atom. The predicted octanol–water partition coefficient (Wildman–Crippen LogP) is 3.77. The minimum absolute atomic E-state index is 0. The van der Waals surface area contributed by atoms with Gasteiger partial charge in [-0.25, -0.2) is 0 Å². The first kappa shape index (κ1) is 17.8. The van der Waals surface area contributed by atoms with Gasteiger partial charge in [0.1, 0.15) is 0 Å². The highest BCUT2D eigenvalue weighted by Gasteiger charge is 2.26. The van der Waals surface area contributed by atoms with E-state index in [2.05, 4.69) is 21.2 Å². The van der Waals surface area contributed by atoms with E-state index in [0.29, 0.717) is 23.0 Å². The number of benzene rings is 1. The number of nitrogens with two attached hydrogens (primary N) is 1. The average molecular weight is 382 g/mol. The lowest BCUT2D eigenvalue weighted by molar-refractivity contribution is 0.0908. The summed E-state index contributed by atoms with van der Waals surface area (Å²) in [6.07, 6.45) is 4.44. The Morgan fingerprint density at radius 1 is 1.40 bits per heavy atom. The molecule has 0 bridgehead atoms. The van der Waals surface area contributed by atoms with Gasteiger partial charge in [-0.1, -0.05) is 40.4 Å². The molecule has 20 heavy (non-hydrogen) atoms. The number of hydrogen-bond acceptors (Lipinski definition) is 2. The van der Waals surface area contributed by atoms with Crippen LogP contribution in [0.1, 0.15) is 36.0 Å². The van der Waals surface area contributed by atoms with Crippen LogP contribution < -0.4 is 11.1 Å². The molecule has 0 spiro atoms. The third-order valence-electron chi connectivity index (χ3n) is 3.70. The topological polar surface area (TPSA) is 55.1 Å². The normalized spacial score (nSPS) is 21.9. The zero-order valence-corrected chi connectivity index (χ0v) is 14.2. The molecule has 6 heteroatoms. The van der Waals surface area contributed by atoms with E-state index in [1.807, 2.05) is 6.07 Å². The molecular weight excluding hydrogens is 363 g/mol. The second kappa shape index (κ2) is 8.23. The number of halogens is 3. The molecule has 0 aliphatic heterocycles. The maximum absolute atomic E-state index is 12.3. The molecule has 1 aliphatic rings. The van der Waals surface area contributed by atoms with Gasteiger partial charge in [0.25, 0.3) is 5.91 Å². The Morgan fingerprint density at radius 2 is 2.10 bits per heavy atom. The second-order valence-corrected chi connectivity index (χ2v) is 6.31. The van der Waals surface area contributed by atoms with Crippen LogP contribution in [0, 0.1) is 5.92 Å². The molecule has 0 radical (unpaired) electrons. The van der Waals surface area contributed by atoms with Crippen molar-refractivity contribution in [2.24, 2.45) is 11.7 Å². The summed E-state index contributed by atoms with van der Waals surface area (Å²) in [6.45, 7) is 0.622. The highest BCUT2D eigenvalue weighted by atomic mass is 79.9. The second-order valence-electron chi connectivity index (χ2n) is 4.98. The van der Waals surface area contributed by atoms with Crippen molar-refractivity contribution in [2.75, 3.05) is 6.54 Å². The summed E-state index contributed by atoms with van der Waals surface area (Å²) in [4.78, 5) is 12.3. The molecule has 1 saturated carbocycles. The molecule has 3 nitrogen and oxygen atoms in total. The van der Waals surface area contributed by atoms with Gasteiger partial charge in [0, 0.05) is 10.5 Å². The van der Waals surface area contributed by atoms with Gasteiger partial charge in [0.05, 0.1) is 10.6 Å². The Hall–Kier alpha value is -0.290. The van der Waals surface area contributed by atoms with Crippen molar-refractivity contribution >= 4 is 45.8 Å². The maximum Gasteiger partial charge on any atom is 0.253 e. The Bertz CT molecular complexity index is 470. The smallest absolute Gasteiger partial charge is 0.253 e. The minimum Gasteiger partial charge on any atom is -0.349 e. The number of nitrogens with one attached hydrogen (secondary N) is 1. The van der Waals surface area contributed by atoms with Crippen LogP contribution in [0.4, 0.5) is 0 Å². The van der Waals surface area contributed by atoms with Crippen LogP contribution in [0.2, 0.25) is 5.02 Å². The summed E-state index contributed by atoms with van der Waals surface area (Å²) >= 11 is 9.43. The summed E-state index contributed by atoms with van der Waals surface area (Å²) in [5, 5.41) is 3.55. The Balaban J connectivity index is 0.00000200. The van der Waals surface area contributed by atoms with Crippen molar-refractivity contribution in [2.45, 2.75) is 31.7 Å². The molecule has 1 fully saturated rings. The minimum atomic E-state index is -0.114. The number of hydrogen-bond donors (Lipinski definition) is 2. The largest absolute Gasteiger partial charge is 0.349 e. The van der Waals surface area contributed by atoms with E-state index in [1.165, 1.54) is 6.42 Å². The van der Waals surface area contributed by atoms with Crippen molar-refractivity contribution in [3.63, 3.8) is 0 Å². The third-order valence-corrected chi connectivity index (χ3v) is 4.52. The Labute approximate surface area is 139 Å². The lowest BCUT2D eigenvalue weighted by Crippen LogP contribution is -2.44. The fraction of sp³-hybridized carbons (Fsp3) is 0.500. The van der Waals surface area contributed by atoms with Gasteiger partial charge < -0.3 is 11.1 Å². The zero-order chi connectivity index (χ0) is 13.8. The summed E-state index contributed by atoms with van der Waals surface area (Å²) in [5.41, 5.74) is 6.29. The van der Waals surface area contributed by atoms with Crippen molar-refractivity contribution in [3.8, 4) is 0 Å². The summed E-state index contributed by atoms with van der Waals surface area (Å²) < 4.78 is 0.848. The van der Waals surface area contributed by atoms with Crippen molar-refractivity contribution in [1.82, 2.24) is 5.32 Å². The van der Waals surface area contributed by atoms with Crippen LogP contribution in [0.3, 0.4) is 0 Å². The molecule has 2 atom stereocenters. The van der Waals surface area contributed by atoms with Gasteiger partial charge in [-0.15, -0.1) is 12.4 Å². The molecule has 1 aromatic rings. The molecule has 0 saturated heterocycles. The molecule has 3 N–H and O–H groups in total. The van der Waals surface area contributed by atoms with E-state index >= 15 is 0 Å². The van der Waals surface area contributed by atoms with Crippen LogP contribution in [0.5, 0.6) is 0 Å². The van der Waals surface area contributed by atoms with Crippen LogP contribution in [0.25, 0.3) is 0 Å². The van der Waals surface area contributed by atoms with E-state index in [1.54, 1.807) is 12.1 Å². The SMILES string of the molecule is Cl.NCC1CCCCC1NC(=O)c1cc(Br)ccc1Cl. The van der Waals surface area contributed by atoms with Crippen LogP contribution in [-0.4, -0.2) is 18.5 Å². The van der Waals surface area contributed by atoms with Crippen molar-refractivity contribution in [3.05, 3.63) is 33.3 Å². The molecular formula is C14H19BrCl2N2O. The molecule has 112 valence electrons. The van der Waals surface area contributed by atoms with Crippen molar-refractivity contribution < 1.29 is 4.79 Å². The van der Waals surface area contributed by atoms with Gasteiger partial charge >= 0.3 is 0 Å². The molecule has 0 aromatic heterocycles. The summed E-state index contributed by atoms with van der Waals surface area (Å²) in [7, 11) is 0. The van der Waals surface area contributed by atoms with Crippen LogP contribution in [0.15, 0.2) is 22.7 Å². The highest BCUT2D eigenvalue weighted by molar-refractivity contribution is 9.10. The van der Waals surface area contributed by atoms with E-state index in [9.17, 15) is 4.79 Å². The number of rotatable bonds is 3. The molecule has 2 rings (SSSR count). The van der Waals surface area contributed by atoms with E-state index in [4.69, 9.17) is 17.3 Å². The van der Waals surface area contributed by atoms with Gasteiger partial charge in [0.2, 0.25) is 0 Å². The monoisotopic (exact) mass is 380 g/mol. The van der Waals surface area contributed by atoms with E-state index in [-0.39, 0.29) is 24.4 Å². The lowest BCUT2D eigenvalue weighted by Gasteiger charge is -2.31. The third kappa shape index (κ3) is 4.35. The first-order valence-corrected chi connectivity index (χ1v) is 7.75. The molecule has 1 amide bonds. The molecule has 1 aliphatic carbocycles. The number of carbonyl (C=O) groups is 1. The quantitative estimate of drug-likeness (QED) is 0.837. The fourth-order valence-electron chi connectivity index (χ4n) is 2.60. The van der Waals surface area contributed by atoms with E-state index in [0.717, 1.165) is 23.7 Å². The van der Waals surface area contributed by atoms with Gasteiger partial charge in [0.15, 0.2) is 0 Å². The maximum atomic E-state index is 12.3. The predicted molar refractivity (Wildman–Crippen MR) is 88.7 cm³/mol. The van der Waals surface area contributed by atoms with Crippen molar-refractivity contribution in [1.29, 1.82) is 0 Å². The number of amides is 1. The molecule has 0 heterocycles. The molecule has 2 unspecified atom stereocenters. The summed E-state index contributed by atoms with van der Waals surface area (Å²) in [5.74, 6) is 0.264. The van der Waals surface area contributed by atoms with Crippen LogP contribution >= 0.6 is 39.9 Å². The number of carbonyl (C=O) groups excluding carboxylic acids is 1. The molecule has 1 aromatic carbocycles. The van der Waals surface area contributed by atoms with Gasteiger partial charge in [-0.2, -0.15) is 0 Å². The first-order valence-electron chi connectivity index (χ1n) is 6.58. The highest BCUT2D eigenvalue weighted by Crippen LogP contribution is 2.25. The average Bonchev–Trinajstić information content (AvgIpc) is 2.42. The zero-order valence-electron chi connectivity index (χ0n) is 11.1. The standard InChI is InChI=1S/C14H18BrClN2O.ClH/c15-10-5-6-12(16)11(7-10)14(19)18-13-4-2-1-3-9(13)8-17;/h5-7,9,13H,1-4,8,17H2,(H,18,19);1H. The van der Waals surface area contributed by atoms with Crippen LogP contribution in [-0.2, 0) is 0 Å². The van der Waals surface area contributed by atoms with Gasteiger partial charge in [-0.05, 0) is 43.5 Å². The van der Waals surface area contributed by atoms with E-state index < -0.39 is 0 Å². The summed E-state index contributed by atoms with van der Waals surface area (Å²) in [6, 6.07) is 5.46. The van der Waals surface area contributed by atoms with Gasteiger partial charge in [-0.3, -0.25) is 4.79 Å². The first-order chi connectivity index (χ1) is 9.11. The lowest BCUT2D eigenvalue weighted by atomic mass is 9.84. The fourth-order valence-corrected chi connectivity index (χ4v) is 3.16.